The third-order valence-corrected chi connectivity index (χ3v) is 6.37. The molecular weight excluding hydrogens is 364 g/mol. The molecule has 0 aliphatic carbocycles. The van der Waals surface area contributed by atoms with Crippen LogP contribution in [0.2, 0.25) is 0 Å². The van der Waals surface area contributed by atoms with E-state index >= 15 is 0 Å². The number of carbonyl (C=O) groups excluding carboxylic acids is 1. The first-order valence-corrected chi connectivity index (χ1v) is 9.74. The van der Waals surface area contributed by atoms with Gasteiger partial charge in [-0.05, 0) is 50.9 Å². The van der Waals surface area contributed by atoms with Crippen molar-refractivity contribution in [3.05, 3.63) is 29.3 Å². The minimum absolute atomic E-state index is 0. The van der Waals surface area contributed by atoms with Crippen molar-refractivity contribution in [3.63, 3.8) is 0 Å². The molecule has 1 aromatic rings. The number of carbonyl (C=O) groups is 1. The minimum Gasteiger partial charge on any atom is -0.465 e. The van der Waals surface area contributed by atoms with E-state index in [1.54, 1.807) is 12.1 Å². The second-order valence-corrected chi connectivity index (χ2v) is 8.05. The number of ether oxygens (including phenoxy) is 1. The number of rotatable bonds is 6. The summed E-state index contributed by atoms with van der Waals surface area (Å²) in [6.07, 6.45) is 1.65. The Bertz CT molecular complexity index is 686. The Labute approximate surface area is 156 Å². The van der Waals surface area contributed by atoms with Crippen molar-refractivity contribution in [2.75, 3.05) is 33.3 Å². The Morgan fingerprint density at radius 1 is 1.32 bits per heavy atom. The summed E-state index contributed by atoms with van der Waals surface area (Å²) in [6.45, 7) is 6.67. The van der Waals surface area contributed by atoms with Gasteiger partial charge in [0.05, 0.1) is 17.6 Å². The minimum atomic E-state index is -3.70. The summed E-state index contributed by atoms with van der Waals surface area (Å²) in [6, 6.07) is 4.77. The maximum Gasteiger partial charge on any atom is 0.339 e. The molecule has 1 aliphatic rings. The number of sulfonamides is 1. The lowest BCUT2D eigenvalue weighted by atomic mass is 9.98. The van der Waals surface area contributed by atoms with Gasteiger partial charge in [-0.1, -0.05) is 18.6 Å². The van der Waals surface area contributed by atoms with E-state index in [0.717, 1.165) is 31.5 Å². The van der Waals surface area contributed by atoms with E-state index in [4.69, 9.17) is 4.74 Å². The van der Waals surface area contributed by atoms with Gasteiger partial charge in [-0.2, -0.15) is 4.31 Å². The zero-order valence-electron chi connectivity index (χ0n) is 14.9. The fourth-order valence-corrected chi connectivity index (χ4v) is 4.61. The van der Waals surface area contributed by atoms with Crippen LogP contribution in [0, 0.1) is 12.8 Å². The van der Waals surface area contributed by atoms with Gasteiger partial charge < -0.3 is 10.1 Å². The monoisotopic (exact) mass is 390 g/mol. The topological polar surface area (TPSA) is 75.7 Å². The van der Waals surface area contributed by atoms with Crippen LogP contribution in [0.3, 0.4) is 0 Å². The molecule has 1 N–H and O–H groups in total. The van der Waals surface area contributed by atoms with E-state index in [0.29, 0.717) is 19.0 Å². The van der Waals surface area contributed by atoms with Gasteiger partial charge in [0.15, 0.2) is 0 Å². The highest BCUT2D eigenvalue weighted by molar-refractivity contribution is 7.89. The zero-order chi connectivity index (χ0) is 17.7. The molecule has 2 rings (SSSR count). The van der Waals surface area contributed by atoms with E-state index in [1.165, 1.54) is 17.5 Å². The molecule has 1 saturated heterocycles. The van der Waals surface area contributed by atoms with E-state index in [-0.39, 0.29) is 22.9 Å². The highest BCUT2D eigenvalue weighted by atomic mass is 35.5. The van der Waals surface area contributed by atoms with Crippen molar-refractivity contribution in [3.8, 4) is 0 Å². The SMILES string of the molecule is CCNCC1CCN(S(=O)(=O)c2ccc(C)cc2C(=O)OC)CC1.Cl. The van der Waals surface area contributed by atoms with Crippen LogP contribution in [0.25, 0.3) is 0 Å². The van der Waals surface area contributed by atoms with Crippen molar-refractivity contribution in [1.29, 1.82) is 0 Å². The van der Waals surface area contributed by atoms with Crippen LogP contribution >= 0.6 is 12.4 Å². The molecule has 6 nitrogen and oxygen atoms in total. The Hall–Kier alpha value is -1.15. The number of nitrogens with zero attached hydrogens (tertiary/aromatic N) is 1. The number of hydrogen-bond donors (Lipinski definition) is 1. The van der Waals surface area contributed by atoms with Gasteiger partial charge in [-0.3, -0.25) is 0 Å². The number of esters is 1. The second kappa shape index (κ2) is 9.52. The predicted octanol–water partition coefficient (Wildman–Crippen LogP) is 2.21. The molecule has 0 unspecified atom stereocenters. The first kappa shape index (κ1) is 21.9. The number of hydrogen-bond acceptors (Lipinski definition) is 5. The summed E-state index contributed by atoms with van der Waals surface area (Å²) >= 11 is 0. The fraction of sp³-hybridized carbons (Fsp3) is 0.588. The molecule has 0 bridgehead atoms. The van der Waals surface area contributed by atoms with Crippen molar-refractivity contribution in [2.45, 2.75) is 31.6 Å². The van der Waals surface area contributed by atoms with Gasteiger partial charge in [0.25, 0.3) is 0 Å². The zero-order valence-corrected chi connectivity index (χ0v) is 16.6. The summed E-state index contributed by atoms with van der Waals surface area (Å²) in [7, 11) is -2.44. The van der Waals surface area contributed by atoms with Gasteiger partial charge in [-0.25, -0.2) is 13.2 Å². The third kappa shape index (κ3) is 5.17. The largest absolute Gasteiger partial charge is 0.465 e. The Balaban J connectivity index is 0.00000312. The Kier molecular flexibility index (Phi) is 8.34. The maximum atomic E-state index is 13.0. The standard InChI is InChI=1S/C17H26N2O4S.ClH/c1-4-18-12-14-7-9-19(10-8-14)24(21,22)16-6-5-13(2)11-15(16)17(20)23-3;/h5-6,11,14,18H,4,7-10,12H2,1-3H3;1H. The van der Waals surface area contributed by atoms with Gasteiger partial charge >= 0.3 is 5.97 Å². The molecule has 8 heteroatoms. The summed E-state index contributed by atoms with van der Waals surface area (Å²) in [5, 5.41) is 3.31. The maximum absolute atomic E-state index is 13.0. The van der Waals surface area contributed by atoms with Crippen LogP contribution in [0.5, 0.6) is 0 Å². The molecular formula is C17H27ClN2O4S. The molecule has 1 fully saturated rings. The van der Waals surface area contributed by atoms with Crippen molar-refractivity contribution < 1.29 is 17.9 Å². The van der Waals surface area contributed by atoms with Crippen LogP contribution in [-0.4, -0.2) is 52.0 Å². The molecule has 0 atom stereocenters. The van der Waals surface area contributed by atoms with E-state index in [9.17, 15) is 13.2 Å². The molecule has 1 aliphatic heterocycles. The van der Waals surface area contributed by atoms with E-state index in [2.05, 4.69) is 12.2 Å². The third-order valence-electron chi connectivity index (χ3n) is 4.41. The van der Waals surface area contributed by atoms with Crippen molar-refractivity contribution in [1.82, 2.24) is 9.62 Å². The lowest BCUT2D eigenvalue weighted by Gasteiger charge is -2.31. The van der Waals surface area contributed by atoms with Crippen molar-refractivity contribution in [2.24, 2.45) is 5.92 Å². The molecule has 1 heterocycles. The number of aryl methyl sites for hydroxylation is 1. The van der Waals surface area contributed by atoms with E-state index < -0.39 is 16.0 Å². The van der Waals surface area contributed by atoms with Crippen LogP contribution in [0.15, 0.2) is 23.1 Å². The van der Waals surface area contributed by atoms with Gasteiger partial charge in [0, 0.05) is 13.1 Å². The predicted molar refractivity (Wildman–Crippen MR) is 99.8 cm³/mol. The van der Waals surface area contributed by atoms with Crippen molar-refractivity contribution >= 4 is 28.4 Å². The lowest BCUT2D eigenvalue weighted by Crippen LogP contribution is -2.41. The number of benzene rings is 1. The Morgan fingerprint density at radius 3 is 2.52 bits per heavy atom. The summed E-state index contributed by atoms with van der Waals surface area (Å²) < 4.78 is 32.2. The Morgan fingerprint density at radius 2 is 1.96 bits per heavy atom. The molecule has 0 amide bonds. The lowest BCUT2D eigenvalue weighted by molar-refractivity contribution is 0.0596. The van der Waals surface area contributed by atoms with Gasteiger partial charge in [-0.15, -0.1) is 12.4 Å². The first-order valence-electron chi connectivity index (χ1n) is 8.30. The van der Waals surface area contributed by atoms with Crippen LogP contribution in [0.4, 0.5) is 0 Å². The number of nitrogens with one attached hydrogen (secondary N) is 1. The molecule has 0 aromatic heterocycles. The van der Waals surface area contributed by atoms with Crippen LogP contribution in [-0.2, 0) is 14.8 Å². The van der Waals surface area contributed by atoms with Crippen LogP contribution < -0.4 is 5.32 Å². The summed E-state index contributed by atoms with van der Waals surface area (Å²) in [5.74, 6) is -0.131. The smallest absolute Gasteiger partial charge is 0.339 e. The molecule has 0 saturated carbocycles. The number of halogens is 1. The molecule has 1 aromatic carbocycles. The molecule has 142 valence electrons. The highest BCUT2D eigenvalue weighted by Crippen LogP contribution is 2.26. The quantitative estimate of drug-likeness (QED) is 0.753. The van der Waals surface area contributed by atoms with Crippen LogP contribution in [0.1, 0.15) is 35.7 Å². The normalized spacial score (nSPS) is 16.3. The van der Waals surface area contributed by atoms with E-state index in [1.807, 2.05) is 6.92 Å². The highest BCUT2D eigenvalue weighted by Gasteiger charge is 2.32. The second-order valence-electron chi connectivity index (χ2n) is 6.15. The molecule has 25 heavy (non-hydrogen) atoms. The molecule has 0 spiro atoms. The first-order chi connectivity index (χ1) is 11.4. The van der Waals surface area contributed by atoms with Gasteiger partial charge in [0.1, 0.15) is 0 Å². The van der Waals surface area contributed by atoms with Gasteiger partial charge in [0.2, 0.25) is 10.0 Å². The fourth-order valence-electron chi connectivity index (χ4n) is 2.98. The average molecular weight is 391 g/mol. The molecule has 0 radical (unpaired) electrons. The number of methoxy groups -OCH3 is 1. The number of piperidine rings is 1. The average Bonchev–Trinajstić information content (AvgIpc) is 2.59. The summed E-state index contributed by atoms with van der Waals surface area (Å²) in [4.78, 5) is 12.0. The summed E-state index contributed by atoms with van der Waals surface area (Å²) in [5.41, 5.74) is 0.922.